The molecule has 0 aliphatic carbocycles. The van der Waals surface area contributed by atoms with Crippen LogP contribution >= 0.6 is 11.6 Å². The molecule has 0 aliphatic heterocycles. The average molecular weight is 310 g/mol. The van der Waals surface area contributed by atoms with Gasteiger partial charge in [0.1, 0.15) is 5.82 Å². The lowest BCUT2D eigenvalue weighted by Gasteiger charge is -2.20. The Kier molecular flexibility index (Phi) is 5.01. The highest BCUT2D eigenvalue weighted by Crippen LogP contribution is 2.28. The van der Waals surface area contributed by atoms with Gasteiger partial charge in [-0.1, -0.05) is 18.5 Å². The van der Waals surface area contributed by atoms with Crippen LogP contribution in [0.2, 0.25) is 5.02 Å². The van der Waals surface area contributed by atoms with Crippen LogP contribution in [0, 0.1) is 19.7 Å². The Hall–Kier alpha value is -1.39. The molecular weight excluding hydrogens is 289 g/mol. The van der Waals surface area contributed by atoms with Crippen molar-refractivity contribution in [3.8, 4) is 0 Å². The van der Waals surface area contributed by atoms with Gasteiger partial charge in [-0.05, 0) is 56.1 Å². The van der Waals surface area contributed by atoms with Crippen LogP contribution in [0.25, 0.3) is 0 Å². The smallest absolute Gasteiger partial charge is 0.123 e. The molecule has 0 radical (unpaired) electrons. The maximum atomic E-state index is 13.5. The number of aromatic nitrogens is 2. The topological polar surface area (TPSA) is 29.9 Å². The second-order valence-corrected chi connectivity index (χ2v) is 5.66. The van der Waals surface area contributed by atoms with Crippen LogP contribution in [0.1, 0.15) is 35.5 Å². The van der Waals surface area contributed by atoms with Crippen molar-refractivity contribution in [2.45, 2.75) is 33.2 Å². The third kappa shape index (κ3) is 3.44. The molecule has 1 aromatic heterocycles. The van der Waals surface area contributed by atoms with Gasteiger partial charge in [0.05, 0.1) is 5.69 Å². The summed E-state index contributed by atoms with van der Waals surface area (Å²) in [6.45, 7) is 6.86. The molecule has 0 saturated carbocycles. The lowest BCUT2D eigenvalue weighted by Crippen LogP contribution is -2.24. The van der Waals surface area contributed by atoms with E-state index in [2.05, 4.69) is 10.4 Å². The number of hydrogen-bond donors (Lipinski definition) is 1. The summed E-state index contributed by atoms with van der Waals surface area (Å²) < 4.78 is 15.4. The van der Waals surface area contributed by atoms with E-state index in [9.17, 15) is 4.39 Å². The number of rotatable bonds is 5. The van der Waals surface area contributed by atoms with Crippen LogP contribution in [-0.4, -0.2) is 16.3 Å². The van der Waals surface area contributed by atoms with Crippen LogP contribution in [0.15, 0.2) is 18.2 Å². The van der Waals surface area contributed by atoms with Crippen molar-refractivity contribution in [2.24, 2.45) is 7.05 Å². The van der Waals surface area contributed by atoms with Gasteiger partial charge in [0.2, 0.25) is 0 Å². The van der Waals surface area contributed by atoms with Gasteiger partial charge in [0.25, 0.3) is 0 Å². The molecule has 0 saturated heterocycles. The summed E-state index contributed by atoms with van der Waals surface area (Å²) >= 11 is 6.25. The van der Waals surface area contributed by atoms with Gasteiger partial charge in [-0.15, -0.1) is 0 Å². The van der Waals surface area contributed by atoms with Gasteiger partial charge < -0.3 is 5.32 Å². The fourth-order valence-corrected chi connectivity index (χ4v) is 2.89. The van der Waals surface area contributed by atoms with Crippen molar-refractivity contribution in [2.75, 3.05) is 6.54 Å². The first-order chi connectivity index (χ1) is 9.93. The number of aryl methyl sites for hydroxylation is 2. The molecule has 2 aromatic rings. The number of nitrogens with one attached hydrogen (secondary N) is 1. The van der Waals surface area contributed by atoms with Gasteiger partial charge >= 0.3 is 0 Å². The van der Waals surface area contributed by atoms with Crippen molar-refractivity contribution in [3.05, 3.63) is 51.6 Å². The predicted molar refractivity (Wildman–Crippen MR) is 84.2 cm³/mol. The minimum atomic E-state index is -0.267. The molecule has 1 unspecified atom stereocenters. The first-order valence-electron chi connectivity index (χ1n) is 7.11. The van der Waals surface area contributed by atoms with Crippen molar-refractivity contribution >= 4 is 11.6 Å². The van der Waals surface area contributed by atoms with Crippen molar-refractivity contribution < 1.29 is 4.39 Å². The Balaban J connectivity index is 2.37. The molecule has 0 bridgehead atoms. The number of benzene rings is 1. The molecule has 0 aliphatic rings. The van der Waals surface area contributed by atoms with Crippen LogP contribution in [0.4, 0.5) is 4.39 Å². The number of likely N-dealkylation sites (N-methyl/N-ethyl adjacent to an activating group) is 1. The van der Waals surface area contributed by atoms with Gasteiger partial charge in [-0.2, -0.15) is 5.10 Å². The summed E-state index contributed by atoms with van der Waals surface area (Å²) in [5.41, 5.74) is 4.11. The van der Waals surface area contributed by atoms with Gasteiger partial charge in [-0.3, -0.25) is 4.68 Å². The zero-order valence-electron chi connectivity index (χ0n) is 12.9. The fourth-order valence-electron chi connectivity index (χ4n) is 2.64. The summed E-state index contributed by atoms with van der Waals surface area (Å²) in [5, 5.41) is 8.42. The molecule has 1 N–H and O–H groups in total. The fraction of sp³-hybridized carbons (Fsp3) is 0.438. The third-order valence-corrected chi connectivity index (χ3v) is 4.20. The first-order valence-corrected chi connectivity index (χ1v) is 7.49. The molecular formula is C16H21ClFN3. The van der Waals surface area contributed by atoms with E-state index < -0.39 is 0 Å². The highest BCUT2D eigenvalue weighted by Gasteiger charge is 2.19. The summed E-state index contributed by atoms with van der Waals surface area (Å²) in [6.07, 6.45) is 0.739. The summed E-state index contributed by atoms with van der Waals surface area (Å²) in [7, 11) is 1.93. The summed E-state index contributed by atoms with van der Waals surface area (Å²) in [6, 6.07) is 4.48. The predicted octanol–water partition coefficient (Wildman–Crippen LogP) is 3.72. The largest absolute Gasteiger partial charge is 0.310 e. The number of hydrogen-bond acceptors (Lipinski definition) is 2. The molecule has 1 aromatic carbocycles. The Bertz CT molecular complexity index is 637. The van der Waals surface area contributed by atoms with Crippen LogP contribution in [0.3, 0.4) is 0 Å². The lowest BCUT2D eigenvalue weighted by atomic mass is 9.97. The molecule has 5 heteroatoms. The Morgan fingerprint density at radius 3 is 2.67 bits per heavy atom. The molecule has 1 atom stereocenters. The van der Waals surface area contributed by atoms with E-state index in [-0.39, 0.29) is 11.9 Å². The van der Waals surface area contributed by atoms with Crippen molar-refractivity contribution in [1.29, 1.82) is 0 Å². The molecule has 0 amide bonds. The number of nitrogens with zero attached hydrogens (tertiary/aromatic N) is 2. The lowest BCUT2D eigenvalue weighted by molar-refractivity contribution is 0.540. The summed E-state index contributed by atoms with van der Waals surface area (Å²) in [4.78, 5) is 0. The quantitative estimate of drug-likeness (QED) is 0.912. The normalized spacial score (nSPS) is 12.7. The summed E-state index contributed by atoms with van der Waals surface area (Å²) in [5.74, 6) is -0.267. The molecule has 114 valence electrons. The van der Waals surface area contributed by atoms with Crippen molar-refractivity contribution in [1.82, 2.24) is 15.1 Å². The Labute approximate surface area is 130 Å². The van der Waals surface area contributed by atoms with Crippen molar-refractivity contribution in [3.63, 3.8) is 0 Å². The SMILES string of the molecule is CCNC(Cc1c(C)nn(C)c1C)c1cc(F)ccc1Cl. The number of halogens is 2. The highest BCUT2D eigenvalue weighted by atomic mass is 35.5. The maximum Gasteiger partial charge on any atom is 0.123 e. The van der Waals surface area contributed by atoms with Crippen LogP contribution in [0.5, 0.6) is 0 Å². The van der Waals surface area contributed by atoms with E-state index >= 15 is 0 Å². The van der Waals surface area contributed by atoms with Gasteiger partial charge in [0.15, 0.2) is 0 Å². The van der Waals surface area contributed by atoms with E-state index in [0.717, 1.165) is 29.9 Å². The Morgan fingerprint density at radius 1 is 1.38 bits per heavy atom. The maximum absolute atomic E-state index is 13.5. The van der Waals surface area contributed by atoms with E-state index in [1.165, 1.54) is 17.7 Å². The minimum Gasteiger partial charge on any atom is -0.310 e. The zero-order chi connectivity index (χ0) is 15.6. The molecule has 0 spiro atoms. The van der Waals surface area contributed by atoms with E-state index in [1.807, 2.05) is 32.5 Å². The highest BCUT2D eigenvalue weighted by molar-refractivity contribution is 6.31. The minimum absolute atomic E-state index is 0.0280. The van der Waals surface area contributed by atoms with Crippen LogP contribution in [-0.2, 0) is 13.5 Å². The zero-order valence-corrected chi connectivity index (χ0v) is 13.6. The Morgan fingerprint density at radius 2 is 2.10 bits per heavy atom. The second kappa shape index (κ2) is 6.58. The second-order valence-electron chi connectivity index (χ2n) is 5.25. The van der Waals surface area contributed by atoms with E-state index in [0.29, 0.717) is 5.02 Å². The van der Waals surface area contributed by atoms with Gasteiger partial charge in [-0.25, -0.2) is 4.39 Å². The average Bonchev–Trinajstić information content (AvgIpc) is 2.67. The molecule has 2 rings (SSSR count). The van der Waals surface area contributed by atoms with Gasteiger partial charge in [0, 0.05) is 23.8 Å². The van der Waals surface area contributed by atoms with Crippen LogP contribution < -0.4 is 5.32 Å². The third-order valence-electron chi connectivity index (χ3n) is 3.85. The standard InChI is InChI=1S/C16H21ClFN3/c1-5-19-16(14-8-12(18)6-7-15(14)17)9-13-10(2)20-21(4)11(13)3/h6-8,16,19H,5,9H2,1-4H3. The van der Waals surface area contributed by atoms with E-state index in [1.54, 1.807) is 6.07 Å². The molecule has 3 nitrogen and oxygen atoms in total. The van der Waals surface area contributed by atoms with E-state index in [4.69, 9.17) is 11.6 Å². The molecule has 1 heterocycles. The molecule has 21 heavy (non-hydrogen) atoms. The monoisotopic (exact) mass is 309 g/mol. The molecule has 0 fully saturated rings. The first kappa shape index (κ1) is 16.0.